The van der Waals surface area contributed by atoms with E-state index in [-0.39, 0.29) is 31.4 Å². The molecule has 0 saturated carbocycles. The molecule has 1 heterocycles. The summed E-state index contributed by atoms with van der Waals surface area (Å²) in [6.07, 6.45) is 0.693. The number of hydrogen-bond donors (Lipinski definition) is 3. The number of nitrogens with one attached hydrogen (secondary N) is 2. The SMILES string of the molecule is CCCN(CC(=O)O)C(=O)C1CNC(=O)CN1. The maximum atomic E-state index is 12.0. The molecule has 0 spiro atoms. The van der Waals surface area contributed by atoms with E-state index < -0.39 is 12.0 Å². The highest BCUT2D eigenvalue weighted by Gasteiger charge is 2.28. The van der Waals surface area contributed by atoms with Crippen molar-refractivity contribution in [2.24, 2.45) is 0 Å². The molecule has 1 unspecified atom stereocenters. The van der Waals surface area contributed by atoms with E-state index in [1.54, 1.807) is 0 Å². The molecule has 0 aromatic carbocycles. The molecule has 0 bridgehead atoms. The molecule has 0 aliphatic carbocycles. The minimum atomic E-state index is -1.04. The number of amides is 2. The van der Waals surface area contributed by atoms with Crippen molar-refractivity contribution in [1.82, 2.24) is 15.5 Å². The second kappa shape index (κ2) is 6.19. The predicted molar refractivity (Wildman–Crippen MR) is 59.3 cm³/mol. The summed E-state index contributed by atoms with van der Waals surface area (Å²) in [5.74, 6) is -1.48. The van der Waals surface area contributed by atoms with Gasteiger partial charge in [0.25, 0.3) is 0 Å². The van der Waals surface area contributed by atoms with Crippen LogP contribution in [-0.4, -0.2) is 60.0 Å². The number of carbonyl (C=O) groups is 3. The van der Waals surface area contributed by atoms with Crippen LogP contribution in [0, 0.1) is 0 Å². The molecular formula is C10H17N3O4. The van der Waals surface area contributed by atoms with Crippen LogP contribution in [0.2, 0.25) is 0 Å². The molecule has 7 nitrogen and oxygen atoms in total. The first kappa shape index (κ1) is 13.4. The van der Waals surface area contributed by atoms with Crippen molar-refractivity contribution in [3.05, 3.63) is 0 Å². The lowest BCUT2D eigenvalue weighted by Crippen LogP contribution is -2.59. The van der Waals surface area contributed by atoms with Crippen molar-refractivity contribution < 1.29 is 19.5 Å². The van der Waals surface area contributed by atoms with Crippen LogP contribution < -0.4 is 10.6 Å². The van der Waals surface area contributed by atoms with Gasteiger partial charge in [-0.2, -0.15) is 0 Å². The highest BCUT2D eigenvalue weighted by molar-refractivity contribution is 5.88. The molecule has 1 rings (SSSR count). The van der Waals surface area contributed by atoms with E-state index in [0.717, 1.165) is 0 Å². The van der Waals surface area contributed by atoms with Crippen molar-refractivity contribution in [3.8, 4) is 0 Å². The van der Waals surface area contributed by atoms with Crippen LogP contribution in [-0.2, 0) is 14.4 Å². The van der Waals surface area contributed by atoms with Gasteiger partial charge >= 0.3 is 5.97 Å². The number of carboxylic acid groups (broad SMARTS) is 1. The number of carboxylic acids is 1. The van der Waals surface area contributed by atoms with Crippen LogP contribution in [0.1, 0.15) is 13.3 Å². The number of piperazine rings is 1. The third-order valence-corrected chi connectivity index (χ3v) is 2.44. The smallest absolute Gasteiger partial charge is 0.323 e. The van der Waals surface area contributed by atoms with Gasteiger partial charge in [0.2, 0.25) is 11.8 Å². The summed E-state index contributed by atoms with van der Waals surface area (Å²) in [5, 5.41) is 14.1. The summed E-state index contributed by atoms with van der Waals surface area (Å²) in [5.41, 5.74) is 0. The van der Waals surface area contributed by atoms with Crippen LogP contribution >= 0.6 is 0 Å². The maximum Gasteiger partial charge on any atom is 0.323 e. The monoisotopic (exact) mass is 243 g/mol. The number of hydrogen-bond acceptors (Lipinski definition) is 4. The van der Waals surface area contributed by atoms with E-state index in [2.05, 4.69) is 10.6 Å². The fraction of sp³-hybridized carbons (Fsp3) is 0.700. The Morgan fingerprint density at radius 2 is 2.24 bits per heavy atom. The Kier molecular flexibility index (Phi) is 4.89. The van der Waals surface area contributed by atoms with Gasteiger partial charge in [-0.25, -0.2) is 0 Å². The zero-order valence-corrected chi connectivity index (χ0v) is 9.73. The third kappa shape index (κ3) is 4.03. The van der Waals surface area contributed by atoms with Crippen molar-refractivity contribution in [3.63, 3.8) is 0 Å². The molecule has 0 radical (unpaired) electrons. The fourth-order valence-electron chi connectivity index (χ4n) is 1.66. The van der Waals surface area contributed by atoms with Crippen LogP contribution in [0.5, 0.6) is 0 Å². The number of rotatable bonds is 5. The standard InChI is InChI=1S/C10H17N3O4/c1-2-3-13(6-9(15)16)10(17)7-4-12-8(14)5-11-7/h7,11H,2-6H2,1H3,(H,12,14)(H,15,16). The normalized spacial score (nSPS) is 19.6. The first-order chi connectivity index (χ1) is 8.04. The summed E-state index contributed by atoms with van der Waals surface area (Å²) in [7, 11) is 0. The quantitative estimate of drug-likeness (QED) is 0.540. The Bertz CT molecular complexity index is 309. The minimum absolute atomic E-state index is 0.0867. The lowest BCUT2D eigenvalue weighted by Gasteiger charge is -2.29. The zero-order chi connectivity index (χ0) is 12.8. The van der Waals surface area contributed by atoms with Gasteiger partial charge in [0.15, 0.2) is 0 Å². The topological polar surface area (TPSA) is 98.7 Å². The fourth-order valence-corrected chi connectivity index (χ4v) is 1.66. The number of aliphatic carboxylic acids is 1. The van der Waals surface area contributed by atoms with E-state index in [0.29, 0.717) is 13.0 Å². The largest absolute Gasteiger partial charge is 0.480 e. The second-order valence-corrected chi connectivity index (χ2v) is 3.89. The Hall–Kier alpha value is -1.63. The minimum Gasteiger partial charge on any atom is -0.480 e. The van der Waals surface area contributed by atoms with E-state index in [1.807, 2.05) is 6.92 Å². The highest BCUT2D eigenvalue weighted by atomic mass is 16.4. The van der Waals surface area contributed by atoms with Crippen LogP contribution in [0.15, 0.2) is 0 Å². The molecule has 1 atom stereocenters. The van der Waals surface area contributed by atoms with E-state index >= 15 is 0 Å². The van der Waals surface area contributed by atoms with Crippen molar-refractivity contribution in [2.75, 3.05) is 26.2 Å². The number of carbonyl (C=O) groups excluding carboxylic acids is 2. The average molecular weight is 243 g/mol. The summed E-state index contributed by atoms with van der Waals surface area (Å²) in [6, 6.07) is -0.529. The molecule has 7 heteroatoms. The van der Waals surface area contributed by atoms with Crippen LogP contribution in [0.4, 0.5) is 0 Å². The molecule has 3 N–H and O–H groups in total. The van der Waals surface area contributed by atoms with Crippen molar-refractivity contribution in [1.29, 1.82) is 0 Å². The van der Waals surface area contributed by atoms with Gasteiger partial charge < -0.3 is 15.3 Å². The predicted octanol–water partition coefficient (Wildman–Crippen LogP) is -1.60. The van der Waals surface area contributed by atoms with Gasteiger partial charge in [-0.1, -0.05) is 6.92 Å². The summed E-state index contributed by atoms with van der Waals surface area (Å²) in [4.78, 5) is 34.8. The molecule has 1 fully saturated rings. The van der Waals surface area contributed by atoms with Gasteiger partial charge in [-0.15, -0.1) is 0 Å². The highest BCUT2D eigenvalue weighted by Crippen LogP contribution is 1.99. The van der Waals surface area contributed by atoms with Crippen molar-refractivity contribution in [2.45, 2.75) is 19.4 Å². The molecule has 0 aromatic rings. The van der Waals surface area contributed by atoms with Gasteiger partial charge in [0, 0.05) is 13.1 Å². The van der Waals surface area contributed by atoms with E-state index in [1.165, 1.54) is 4.90 Å². The molecule has 0 aromatic heterocycles. The Morgan fingerprint density at radius 1 is 1.53 bits per heavy atom. The third-order valence-electron chi connectivity index (χ3n) is 2.44. The molecule has 17 heavy (non-hydrogen) atoms. The first-order valence-corrected chi connectivity index (χ1v) is 5.55. The lowest BCUT2D eigenvalue weighted by atomic mass is 10.2. The van der Waals surface area contributed by atoms with E-state index in [9.17, 15) is 14.4 Å². The molecular weight excluding hydrogens is 226 g/mol. The maximum absolute atomic E-state index is 12.0. The van der Waals surface area contributed by atoms with Crippen LogP contribution in [0.3, 0.4) is 0 Å². The Labute approximate surface area is 99.2 Å². The zero-order valence-electron chi connectivity index (χ0n) is 9.73. The van der Waals surface area contributed by atoms with Crippen LogP contribution in [0.25, 0.3) is 0 Å². The van der Waals surface area contributed by atoms with Gasteiger partial charge in [-0.05, 0) is 6.42 Å². The molecule has 1 saturated heterocycles. The molecule has 1 aliphatic rings. The Balaban J connectivity index is 2.57. The number of nitrogens with zero attached hydrogens (tertiary/aromatic N) is 1. The second-order valence-electron chi connectivity index (χ2n) is 3.89. The lowest BCUT2D eigenvalue weighted by molar-refractivity contribution is -0.145. The first-order valence-electron chi connectivity index (χ1n) is 5.55. The van der Waals surface area contributed by atoms with Gasteiger partial charge in [0.1, 0.15) is 12.6 Å². The molecule has 96 valence electrons. The van der Waals surface area contributed by atoms with Crippen molar-refractivity contribution >= 4 is 17.8 Å². The summed E-state index contributed by atoms with van der Waals surface area (Å²) >= 11 is 0. The summed E-state index contributed by atoms with van der Waals surface area (Å²) < 4.78 is 0. The molecule has 1 aliphatic heterocycles. The Morgan fingerprint density at radius 3 is 2.71 bits per heavy atom. The molecule has 2 amide bonds. The van der Waals surface area contributed by atoms with Gasteiger partial charge in [0.05, 0.1) is 6.54 Å². The average Bonchev–Trinajstić information content (AvgIpc) is 2.28. The van der Waals surface area contributed by atoms with Gasteiger partial charge in [-0.3, -0.25) is 19.7 Å². The summed E-state index contributed by atoms with van der Waals surface area (Å²) in [6.45, 7) is 2.26. The van der Waals surface area contributed by atoms with E-state index in [4.69, 9.17) is 5.11 Å².